The van der Waals surface area contributed by atoms with E-state index in [4.69, 9.17) is 4.42 Å². The first-order valence-electron chi connectivity index (χ1n) is 7.05. The van der Waals surface area contributed by atoms with Gasteiger partial charge in [0.1, 0.15) is 7.14 Å². The molecule has 0 aliphatic rings. The molecule has 1 heterocycles. The normalized spacial score (nSPS) is 11.8. The summed E-state index contributed by atoms with van der Waals surface area (Å²) in [5, 5.41) is 1.87. The van der Waals surface area contributed by atoms with Crippen molar-refractivity contribution in [2.45, 2.75) is 37.2 Å². The molecule has 0 unspecified atom stereocenters. The van der Waals surface area contributed by atoms with E-state index in [1.165, 1.54) is 5.56 Å². The summed E-state index contributed by atoms with van der Waals surface area (Å²) < 4.78 is 18.3. The maximum atomic E-state index is 12.8. The molecule has 0 amide bonds. The number of hydrogen-bond donors (Lipinski definition) is 0. The third kappa shape index (κ3) is 3.39. The minimum atomic E-state index is -2.21. The fraction of sp³-hybridized carbons (Fsp3) is 0.375. The Bertz CT molecular complexity index is 610. The van der Waals surface area contributed by atoms with E-state index in [0.29, 0.717) is 0 Å². The standard InChI is InChI=1S/C16H21O2PS/c1-4-13-10-16(18-12-13)20-15-9-7-8-14(11-15)19(17,5-2)6-3/h7-12H,4-6H2,1-3H3. The maximum absolute atomic E-state index is 12.8. The van der Waals surface area contributed by atoms with E-state index < -0.39 is 7.14 Å². The maximum Gasteiger partial charge on any atom is 0.165 e. The van der Waals surface area contributed by atoms with Crippen LogP contribution in [0, 0.1) is 0 Å². The summed E-state index contributed by atoms with van der Waals surface area (Å²) in [6.45, 7) is 6.12. The van der Waals surface area contributed by atoms with Crippen LogP contribution in [0.25, 0.3) is 0 Å². The Labute approximate surface area is 125 Å². The fourth-order valence-corrected chi connectivity index (χ4v) is 4.97. The lowest BCUT2D eigenvalue weighted by molar-refractivity contribution is 0.473. The number of aryl methyl sites for hydroxylation is 1. The van der Waals surface area contributed by atoms with E-state index in [0.717, 1.165) is 34.0 Å². The van der Waals surface area contributed by atoms with Crippen LogP contribution >= 0.6 is 18.9 Å². The molecule has 0 atom stereocenters. The first-order chi connectivity index (χ1) is 9.61. The molecule has 1 aromatic heterocycles. The summed E-state index contributed by atoms with van der Waals surface area (Å²) in [5.41, 5.74) is 1.21. The number of rotatable bonds is 6. The second-order valence-corrected chi connectivity index (χ2v) is 9.39. The van der Waals surface area contributed by atoms with Gasteiger partial charge in [-0.15, -0.1) is 0 Å². The molecule has 2 rings (SSSR count). The first kappa shape index (κ1) is 15.5. The van der Waals surface area contributed by atoms with Crippen molar-refractivity contribution >= 4 is 24.2 Å². The van der Waals surface area contributed by atoms with Crippen LogP contribution in [0.1, 0.15) is 26.3 Å². The highest BCUT2D eigenvalue weighted by Gasteiger charge is 2.20. The molecule has 4 heteroatoms. The molecule has 0 bridgehead atoms. The summed E-state index contributed by atoms with van der Waals surface area (Å²) in [6, 6.07) is 10.1. The molecule has 0 aliphatic heterocycles. The monoisotopic (exact) mass is 308 g/mol. The lowest BCUT2D eigenvalue weighted by Crippen LogP contribution is -2.08. The van der Waals surface area contributed by atoms with Gasteiger partial charge in [-0.2, -0.15) is 0 Å². The van der Waals surface area contributed by atoms with Gasteiger partial charge in [-0.25, -0.2) is 0 Å². The van der Waals surface area contributed by atoms with Gasteiger partial charge in [-0.3, -0.25) is 0 Å². The van der Waals surface area contributed by atoms with Gasteiger partial charge >= 0.3 is 0 Å². The molecule has 108 valence electrons. The minimum Gasteiger partial charge on any atom is -0.458 e. The molecule has 20 heavy (non-hydrogen) atoms. The highest BCUT2D eigenvalue weighted by molar-refractivity contribution is 7.99. The molecule has 0 radical (unpaired) electrons. The van der Waals surface area contributed by atoms with Crippen molar-refractivity contribution in [2.75, 3.05) is 12.3 Å². The van der Waals surface area contributed by atoms with Crippen molar-refractivity contribution < 1.29 is 8.98 Å². The lowest BCUT2D eigenvalue weighted by Gasteiger charge is -2.15. The van der Waals surface area contributed by atoms with E-state index in [1.54, 1.807) is 18.0 Å². The van der Waals surface area contributed by atoms with Crippen molar-refractivity contribution in [1.29, 1.82) is 0 Å². The largest absolute Gasteiger partial charge is 0.458 e. The van der Waals surface area contributed by atoms with Crippen LogP contribution in [-0.4, -0.2) is 12.3 Å². The zero-order chi connectivity index (χ0) is 14.6. The molecule has 0 saturated heterocycles. The van der Waals surface area contributed by atoms with Crippen LogP contribution in [0.5, 0.6) is 0 Å². The van der Waals surface area contributed by atoms with E-state index >= 15 is 0 Å². The topological polar surface area (TPSA) is 30.2 Å². The molecule has 2 aromatic rings. The second kappa shape index (κ2) is 6.69. The van der Waals surface area contributed by atoms with Crippen molar-refractivity contribution in [2.24, 2.45) is 0 Å². The Hall–Kier alpha value is -0.920. The summed E-state index contributed by atoms with van der Waals surface area (Å²) in [4.78, 5) is 1.08. The quantitative estimate of drug-likeness (QED) is 0.702. The number of benzene rings is 1. The van der Waals surface area contributed by atoms with Crippen LogP contribution in [0.3, 0.4) is 0 Å². The molecule has 0 aliphatic carbocycles. The Morgan fingerprint density at radius 2 is 1.90 bits per heavy atom. The van der Waals surface area contributed by atoms with Crippen molar-refractivity contribution in [3.05, 3.63) is 42.2 Å². The van der Waals surface area contributed by atoms with Crippen LogP contribution in [0.2, 0.25) is 0 Å². The third-order valence-corrected chi connectivity index (χ3v) is 7.73. The van der Waals surface area contributed by atoms with Gasteiger partial charge in [0.2, 0.25) is 0 Å². The highest BCUT2D eigenvalue weighted by Crippen LogP contribution is 2.44. The van der Waals surface area contributed by atoms with E-state index in [9.17, 15) is 4.57 Å². The Morgan fingerprint density at radius 1 is 1.15 bits per heavy atom. The van der Waals surface area contributed by atoms with Crippen LogP contribution in [0.15, 0.2) is 51.0 Å². The fourth-order valence-electron chi connectivity index (χ4n) is 2.10. The SMILES string of the molecule is CCc1coc(Sc2cccc(P(=O)(CC)CC)c2)c1. The third-order valence-electron chi connectivity index (χ3n) is 3.57. The average Bonchev–Trinajstić information content (AvgIpc) is 2.94. The average molecular weight is 308 g/mol. The highest BCUT2D eigenvalue weighted by atomic mass is 32.2. The van der Waals surface area contributed by atoms with Gasteiger partial charge in [0.25, 0.3) is 0 Å². The molecule has 0 spiro atoms. The molecule has 0 fully saturated rings. The van der Waals surface area contributed by atoms with Crippen LogP contribution in [-0.2, 0) is 11.0 Å². The molecule has 0 N–H and O–H groups in total. The first-order valence-corrected chi connectivity index (χ1v) is 9.94. The number of hydrogen-bond acceptors (Lipinski definition) is 3. The van der Waals surface area contributed by atoms with Crippen molar-refractivity contribution in [3.8, 4) is 0 Å². The van der Waals surface area contributed by atoms with Gasteiger partial charge in [-0.05, 0) is 30.2 Å². The van der Waals surface area contributed by atoms with Crippen molar-refractivity contribution in [1.82, 2.24) is 0 Å². The van der Waals surface area contributed by atoms with Crippen molar-refractivity contribution in [3.63, 3.8) is 0 Å². The molecule has 1 aromatic carbocycles. The Kier molecular flexibility index (Phi) is 5.17. The predicted molar refractivity (Wildman–Crippen MR) is 87.0 cm³/mol. The minimum absolute atomic E-state index is 0.721. The zero-order valence-electron chi connectivity index (χ0n) is 12.3. The molecular formula is C16H21O2PS. The van der Waals surface area contributed by atoms with E-state index in [2.05, 4.69) is 13.0 Å². The summed E-state index contributed by atoms with van der Waals surface area (Å²) in [5.74, 6) is 0. The predicted octanol–water partition coefficient (Wildman–Crippen LogP) is 5.02. The lowest BCUT2D eigenvalue weighted by atomic mass is 10.3. The second-order valence-electron chi connectivity index (χ2n) is 4.75. The summed E-state index contributed by atoms with van der Waals surface area (Å²) in [6.07, 6.45) is 4.22. The van der Waals surface area contributed by atoms with E-state index in [1.807, 2.05) is 38.1 Å². The molecule has 0 saturated carbocycles. The Balaban J connectivity index is 2.24. The number of furan rings is 1. The van der Waals surface area contributed by atoms with Crippen LogP contribution in [0.4, 0.5) is 0 Å². The van der Waals surface area contributed by atoms with Gasteiger partial charge in [0, 0.05) is 22.5 Å². The van der Waals surface area contributed by atoms with Gasteiger partial charge in [0.15, 0.2) is 5.09 Å². The van der Waals surface area contributed by atoms with Gasteiger partial charge < -0.3 is 8.98 Å². The van der Waals surface area contributed by atoms with Gasteiger partial charge in [-0.1, -0.05) is 44.7 Å². The van der Waals surface area contributed by atoms with E-state index in [-0.39, 0.29) is 0 Å². The molecule has 2 nitrogen and oxygen atoms in total. The summed E-state index contributed by atoms with van der Waals surface area (Å²) in [7, 11) is -2.21. The van der Waals surface area contributed by atoms with Gasteiger partial charge in [0.05, 0.1) is 6.26 Å². The van der Waals surface area contributed by atoms with Crippen LogP contribution < -0.4 is 5.30 Å². The zero-order valence-corrected chi connectivity index (χ0v) is 14.0. The smallest absolute Gasteiger partial charge is 0.165 e. The summed E-state index contributed by atoms with van der Waals surface area (Å²) >= 11 is 1.59. The Morgan fingerprint density at radius 3 is 2.50 bits per heavy atom. The molecular weight excluding hydrogens is 287 g/mol.